The van der Waals surface area contributed by atoms with Crippen LogP contribution < -0.4 is 5.73 Å². The Morgan fingerprint density at radius 2 is 2.14 bits per heavy atom. The van der Waals surface area contributed by atoms with Gasteiger partial charge < -0.3 is 10.8 Å². The van der Waals surface area contributed by atoms with E-state index in [-0.39, 0.29) is 6.61 Å². The molecule has 2 rings (SSSR count). The summed E-state index contributed by atoms with van der Waals surface area (Å²) in [6.45, 7) is 2.25. The van der Waals surface area contributed by atoms with Crippen molar-refractivity contribution in [2.45, 2.75) is 12.7 Å². The standard InChI is InChI=1S/C15H18N2O2S2/c1-10(6-18)7-20-8-13-9-21-15(17-13)12-4-2-11(3-5-12)14(16)19/h2-5,9-10,18H,6-8H2,1H3,(H2,16,19). The minimum atomic E-state index is -0.421. The number of amides is 1. The molecule has 0 saturated carbocycles. The topological polar surface area (TPSA) is 76.2 Å². The van der Waals surface area contributed by atoms with Crippen molar-refractivity contribution in [3.05, 3.63) is 40.9 Å². The Bertz CT molecular complexity index is 596. The van der Waals surface area contributed by atoms with Crippen LogP contribution in [0.1, 0.15) is 23.0 Å². The van der Waals surface area contributed by atoms with E-state index >= 15 is 0 Å². The van der Waals surface area contributed by atoms with Crippen molar-refractivity contribution >= 4 is 29.0 Å². The third-order valence-corrected chi connectivity index (χ3v) is 5.18. The second-order valence-electron chi connectivity index (χ2n) is 4.89. The maximum absolute atomic E-state index is 11.0. The second-order valence-corrected chi connectivity index (χ2v) is 6.78. The van der Waals surface area contributed by atoms with Gasteiger partial charge in [-0.05, 0) is 23.8 Å². The number of rotatable bonds is 7. The summed E-state index contributed by atoms with van der Waals surface area (Å²) in [6, 6.07) is 7.17. The largest absolute Gasteiger partial charge is 0.396 e. The molecule has 21 heavy (non-hydrogen) atoms. The monoisotopic (exact) mass is 322 g/mol. The normalized spacial score (nSPS) is 12.3. The lowest BCUT2D eigenvalue weighted by Crippen LogP contribution is -2.10. The molecule has 0 aliphatic heterocycles. The van der Waals surface area contributed by atoms with Gasteiger partial charge in [0.05, 0.1) is 5.69 Å². The van der Waals surface area contributed by atoms with E-state index in [0.29, 0.717) is 11.5 Å². The van der Waals surface area contributed by atoms with Gasteiger partial charge in [0.1, 0.15) is 5.01 Å². The first-order chi connectivity index (χ1) is 10.1. The first-order valence-corrected chi connectivity index (χ1v) is 8.67. The van der Waals surface area contributed by atoms with Gasteiger partial charge in [-0.3, -0.25) is 4.79 Å². The predicted molar refractivity (Wildman–Crippen MR) is 88.5 cm³/mol. The van der Waals surface area contributed by atoms with Crippen LogP contribution in [0.4, 0.5) is 0 Å². The third kappa shape index (κ3) is 4.56. The number of aliphatic hydroxyl groups is 1. The zero-order valence-electron chi connectivity index (χ0n) is 11.8. The molecule has 0 fully saturated rings. The molecule has 1 heterocycles. The Morgan fingerprint density at radius 1 is 1.43 bits per heavy atom. The SMILES string of the molecule is CC(CO)CSCc1csc(-c2ccc(C(N)=O)cc2)n1. The van der Waals surface area contributed by atoms with Crippen molar-refractivity contribution in [1.29, 1.82) is 0 Å². The third-order valence-electron chi connectivity index (χ3n) is 2.93. The minimum absolute atomic E-state index is 0.224. The summed E-state index contributed by atoms with van der Waals surface area (Å²) < 4.78 is 0. The summed E-state index contributed by atoms with van der Waals surface area (Å²) in [5.41, 5.74) is 7.76. The molecule has 1 atom stereocenters. The summed E-state index contributed by atoms with van der Waals surface area (Å²) >= 11 is 3.37. The van der Waals surface area contributed by atoms with E-state index in [1.165, 1.54) is 0 Å². The van der Waals surface area contributed by atoms with Gasteiger partial charge in [-0.15, -0.1) is 11.3 Å². The van der Waals surface area contributed by atoms with Crippen LogP contribution in [-0.4, -0.2) is 28.4 Å². The second kappa shape index (κ2) is 7.59. The van der Waals surface area contributed by atoms with Crippen molar-refractivity contribution in [1.82, 2.24) is 4.98 Å². The molecule has 0 spiro atoms. The maximum atomic E-state index is 11.0. The lowest BCUT2D eigenvalue weighted by molar-refractivity contribution is 0.100. The van der Waals surface area contributed by atoms with Gasteiger partial charge in [-0.1, -0.05) is 19.1 Å². The highest BCUT2D eigenvalue weighted by Crippen LogP contribution is 2.26. The number of carbonyl (C=O) groups excluding carboxylic acids is 1. The number of carbonyl (C=O) groups is 1. The summed E-state index contributed by atoms with van der Waals surface area (Å²) in [4.78, 5) is 15.6. The molecule has 1 amide bonds. The molecule has 0 saturated heterocycles. The Morgan fingerprint density at radius 3 is 2.76 bits per heavy atom. The number of hydrogen-bond donors (Lipinski definition) is 2. The van der Waals surface area contributed by atoms with E-state index in [0.717, 1.165) is 27.8 Å². The zero-order valence-corrected chi connectivity index (χ0v) is 13.4. The molecule has 112 valence electrons. The zero-order chi connectivity index (χ0) is 15.2. The molecule has 1 aromatic carbocycles. The fraction of sp³-hybridized carbons (Fsp3) is 0.333. The van der Waals surface area contributed by atoms with Gasteiger partial charge in [0.2, 0.25) is 5.91 Å². The Labute approximate surface area is 132 Å². The van der Waals surface area contributed by atoms with Gasteiger partial charge in [0, 0.05) is 28.9 Å². The number of primary amides is 1. The quantitative estimate of drug-likeness (QED) is 0.822. The average Bonchev–Trinajstić information content (AvgIpc) is 2.96. The predicted octanol–water partition coefficient (Wildman–Crippen LogP) is 2.77. The molecular formula is C15H18N2O2S2. The fourth-order valence-electron chi connectivity index (χ4n) is 1.70. The lowest BCUT2D eigenvalue weighted by Gasteiger charge is -2.05. The average molecular weight is 322 g/mol. The molecule has 0 radical (unpaired) electrons. The first kappa shape index (κ1) is 16.0. The molecule has 0 aliphatic carbocycles. The number of aromatic nitrogens is 1. The van der Waals surface area contributed by atoms with Crippen LogP contribution in [0.2, 0.25) is 0 Å². The minimum Gasteiger partial charge on any atom is -0.396 e. The van der Waals surface area contributed by atoms with Crippen molar-refractivity contribution < 1.29 is 9.90 Å². The van der Waals surface area contributed by atoms with E-state index in [1.54, 1.807) is 35.2 Å². The number of nitrogens with two attached hydrogens (primary N) is 1. The van der Waals surface area contributed by atoms with Crippen molar-refractivity contribution in [3.63, 3.8) is 0 Å². The van der Waals surface area contributed by atoms with E-state index in [9.17, 15) is 4.79 Å². The molecule has 1 aromatic heterocycles. The van der Waals surface area contributed by atoms with Crippen LogP contribution in [0.15, 0.2) is 29.6 Å². The van der Waals surface area contributed by atoms with Gasteiger partial charge >= 0.3 is 0 Å². The number of thiazole rings is 1. The maximum Gasteiger partial charge on any atom is 0.248 e. The van der Waals surface area contributed by atoms with E-state index < -0.39 is 5.91 Å². The highest BCUT2D eigenvalue weighted by atomic mass is 32.2. The molecule has 3 N–H and O–H groups in total. The molecule has 0 bridgehead atoms. The van der Waals surface area contributed by atoms with Crippen LogP contribution in [-0.2, 0) is 5.75 Å². The van der Waals surface area contributed by atoms with E-state index in [4.69, 9.17) is 10.8 Å². The first-order valence-electron chi connectivity index (χ1n) is 6.63. The van der Waals surface area contributed by atoms with Crippen molar-refractivity contribution in [2.24, 2.45) is 11.7 Å². The van der Waals surface area contributed by atoms with Gasteiger partial charge in [-0.2, -0.15) is 11.8 Å². The van der Waals surface area contributed by atoms with Crippen LogP contribution in [0.25, 0.3) is 10.6 Å². The summed E-state index contributed by atoms with van der Waals surface area (Å²) in [6.07, 6.45) is 0. The molecular weight excluding hydrogens is 304 g/mol. The number of aliphatic hydroxyl groups excluding tert-OH is 1. The van der Waals surface area contributed by atoms with Gasteiger partial charge in [0.15, 0.2) is 0 Å². The van der Waals surface area contributed by atoms with Crippen molar-refractivity contribution in [3.8, 4) is 10.6 Å². The molecule has 2 aromatic rings. The Kier molecular flexibility index (Phi) is 5.78. The van der Waals surface area contributed by atoms with Crippen LogP contribution in [0, 0.1) is 5.92 Å². The summed E-state index contributed by atoms with van der Waals surface area (Å²) in [7, 11) is 0. The fourth-order valence-corrected chi connectivity index (χ4v) is 3.61. The summed E-state index contributed by atoms with van der Waals surface area (Å²) in [5, 5.41) is 12.0. The van der Waals surface area contributed by atoms with E-state index in [2.05, 4.69) is 4.98 Å². The van der Waals surface area contributed by atoms with Crippen molar-refractivity contribution in [2.75, 3.05) is 12.4 Å². The van der Waals surface area contributed by atoms with E-state index in [1.807, 2.05) is 24.4 Å². The van der Waals surface area contributed by atoms with Gasteiger partial charge in [0.25, 0.3) is 0 Å². The smallest absolute Gasteiger partial charge is 0.248 e. The number of hydrogen-bond acceptors (Lipinski definition) is 5. The molecule has 1 unspecified atom stereocenters. The Hall–Kier alpha value is -1.37. The molecule has 4 nitrogen and oxygen atoms in total. The van der Waals surface area contributed by atoms with Crippen LogP contribution in [0.3, 0.4) is 0 Å². The highest BCUT2D eigenvalue weighted by molar-refractivity contribution is 7.98. The number of benzene rings is 1. The molecule has 0 aliphatic rings. The van der Waals surface area contributed by atoms with Crippen LogP contribution >= 0.6 is 23.1 Å². The lowest BCUT2D eigenvalue weighted by atomic mass is 10.1. The van der Waals surface area contributed by atoms with Crippen LogP contribution in [0.5, 0.6) is 0 Å². The number of nitrogens with zero attached hydrogens (tertiary/aromatic N) is 1. The Balaban J connectivity index is 1.97. The van der Waals surface area contributed by atoms with Gasteiger partial charge in [-0.25, -0.2) is 4.98 Å². The molecule has 6 heteroatoms. The highest BCUT2D eigenvalue weighted by Gasteiger charge is 2.07. The number of thioether (sulfide) groups is 1. The summed E-state index contributed by atoms with van der Waals surface area (Å²) in [5.74, 6) is 1.67.